The first-order valence-corrected chi connectivity index (χ1v) is 5.24. The van der Waals surface area contributed by atoms with E-state index in [1.54, 1.807) is 6.20 Å². The van der Waals surface area contributed by atoms with Gasteiger partial charge in [0.25, 0.3) is 0 Å². The fourth-order valence-corrected chi connectivity index (χ4v) is 1.26. The molecular weight excluding hydrogens is 202 g/mol. The highest BCUT2D eigenvalue weighted by Crippen LogP contribution is 2.18. The van der Waals surface area contributed by atoms with Crippen LogP contribution in [0.25, 0.3) is 0 Å². The number of hydrogen-bond acceptors (Lipinski definition) is 3. The van der Waals surface area contributed by atoms with Crippen molar-refractivity contribution in [3.63, 3.8) is 0 Å². The first kappa shape index (κ1) is 12.3. The lowest BCUT2D eigenvalue weighted by Gasteiger charge is -2.07. The molecule has 0 atom stereocenters. The van der Waals surface area contributed by atoms with Gasteiger partial charge in [-0.25, -0.2) is 4.79 Å². The number of rotatable bonds is 4. The fourth-order valence-electron chi connectivity index (χ4n) is 1.26. The predicted octanol–water partition coefficient (Wildman–Crippen LogP) is 2.91. The minimum atomic E-state index is -0.368. The summed E-state index contributed by atoms with van der Waals surface area (Å²) in [5, 5.41) is 3.02. The van der Waals surface area contributed by atoms with E-state index in [0.717, 1.165) is 5.69 Å². The molecule has 1 N–H and O–H groups in total. The smallest absolute Gasteiger partial charge is 0.331 e. The molecule has 0 fully saturated rings. The number of ether oxygens (including phenoxy) is 1. The molecule has 0 heterocycles. The summed E-state index contributed by atoms with van der Waals surface area (Å²) in [7, 11) is 1.35. The van der Waals surface area contributed by atoms with Crippen LogP contribution in [-0.2, 0) is 9.53 Å². The number of hydrogen-bond donors (Lipinski definition) is 1. The van der Waals surface area contributed by atoms with Crippen molar-refractivity contribution < 1.29 is 9.53 Å². The molecule has 1 aromatic carbocycles. The lowest BCUT2D eigenvalue weighted by atomic mass is 10.0. The van der Waals surface area contributed by atoms with Crippen LogP contribution in [0.15, 0.2) is 36.5 Å². The van der Waals surface area contributed by atoms with Gasteiger partial charge in [0.2, 0.25) is 0 Å². The SMILES string of the molecule is COC(=O)/C=C/Nc1cccc(C(C)C)c1. The van der Waals surface area contributed by atoms with Crippen molar-refractivity contribution in [3.05, 3.63) is 42.1 Å². The van der Waals surface area contributed by atoms with Crippen LogP contribution in [0.1, 0.15) is 25.3 Å². The molecule has 3 nitrogen and oxygen atoms in total. The van der Waals surface area contributed by atoms with Crippen LogP contribution in [0.5, 0.6) is 0 Å². The summed E-state index contributed by atoms with van der Waals surface area (Å²) in [6, 6.07) is 8.09. The second-order valence-corrected chi connectivity index (χ2v) is 3.78. The van der Waals surface area contributed by atoms with E-state index in [-0.39, 0.29) is 5.97 Å². The molecule has 0 radical (unpaired) electrons. The standard InChI is InChI=1S/C13H17NO2/c1-10(2)11-5-4-6-12(9-11)14-8-7-13(15)16-3/h4-10,14H,1-3H3/b8-7+. The molecule has 0 saturated heterocycles. The Balaban J connectivity index is 2.64. The molecule has 0 aromatic heterocycles. The fraction of sp³-hybridized carbons (Fsp3) is 0.308. The summed E-state index contributed by atoms with van der Waals surface area (Å²) < 4.78 is 4.48. The zero-order valence-electron chi connectivity index (χ0n) is 9.86. The number of anilines is 1. The number of methoxy groups -OCH3 is 1. The minimum absolute atomic E-state index is 0.368. The molecule has 86 valence electrons. The largest absolute Gasteiger partial charge is 0.466 e. The number of esters is 1. The Bertz CT molecular complexity index is 383. The summed E-state index contributed by atoms with van der Waals surface area (Å²) in [5.74, 6) is 0.124. The molecule has 0 saturated carbocycles. The molecule has 1 aromatic rings. The number of benzene rings is 1. The maximum absolute atomic E-state index is 10.8. The van der Waals surface area contributed by atoms with Crippen LogP contribution in [-0.4, -0.2) is 13.1 Å². The molecule has 0 amide bonds. The van der Waals surface area contributed by atoms with Crippen molar-refractivity contribution in [1.29, 1.82) is 0 Å². The van der Waals surface area contributed by atoms with Crippen molar-refractivity contribution in [2.24, 2.45) is 0 Å². The van der Waals surface area contributed by atoms with Crippen molar-refractivity contribution in [1.82, 2.24) is 0 Å². The van der Waals surface area contributed by atoms with Gasteiger partial charge in [-0.2, -0.15) is 0 Å². The molecule has 0 aliphatic heterocycles. The molecule has 0 aliphatic rings. The molecule has 16 heavy (non-hydrogen) atoms. The minimum Gasteiger partial charge on any atom is -0.466 e. The molecule has 0 spiro atoms. The predicted molar refractivity (Wildman–Crippen MR) is 65.3 cm³/mol. The van der Waals surface area contributed by atoms with Gasteiger partial charge in [-0.05, 0) is 23.6 Å². The topological polar surface area (TPSA) is 38.3 Å². The molecule has 0 unspecified atom stereocenters. The Morgan fingerprint density at radius 3 is 2.81 bits per heavy atom. The van der Waals surface area contributed by atoms with Gasteiger partial charge >= 0.3 is 5.97 Å². The second-order valence-electron chi connectivity index (χ2n) is 3.78. The number of nitrogens with one attached hydrogen (secondary N) is 1. The summed E-state index contributed by atoms with van der Waals surface area (Å²) in [6.45, 7) is 4.28. The Labute approximate surface area is 96.1 Å². The Morgan fingerprint density at radius 1 is 1.44 bits per heavy atom. The third kappa shape index (κ3) is 3.77. The zero-order valence-corrected chi connectivity index (χ0v) is 9.86. The van der Waals surface area contributed by atoms with Gasteiger partial charge in [-0.1, -0.05) is 26.0 Å². The third-order valence-corrected chi connectivity index (χ3v) is 2.22. The first-order chi connectivity index (χ1) is 7.63. The Hall–Kier alpha value is -1.77. The van der Waals surface area contributed by atoms with Gasteiger partial charge in [0.1, 0.15) is 0 Å². The van der Waals surface area contributed by atoms with E-state index in [2.05, 4.69) is 36.0 Å². The molecule has 0 aliphatic carbocycles. The third-order valence-electron chi connectivity index (χ3n) is 2.22. The van der Waals surface area contributed by atoms with Crippen LogP contribution >= 0.6 is 0 Å². The Kier molecular flexibility index (Phi) is 4.58. The summed E-state index contributed by atoms with van der Waals surface area (Å²) in [4.78, 5) is 10.8. The first-order valence-electron chi connectivity index (χ1n) is 5.24. The van der Waals surface area contributed by atoms with Crippen LogP contribution in [0.4, 0.5) is 5.69 Å². The zero-order chi connectivity index (χ0) is 12.0. The average molecular weight is 219 g/mol. The molecule has 0 bridgehead atoms. The van der Waals surface area contributed by atoms with Crippen LogP contribution in [0, 0.1) is 0 Å². The van der Waals surface area contributed by atoms with Gasteiger partial charge in [-0.15, -0.1) is 0 Å². The normalized spacial score (nSPS) is 10.8. The van der Waals surface area contributed by atoms with E-state index >= 15 is 0 Å². The van der Waals surface area contributed by atoms with Gasteiger partial charge in [0, 0.05) is 18.0 Å². The molecule has 3 heteroatoms. The van der Waals surface area contributed by atoms with Crippen molar-refractivity contribution >= 4 is 11.7 Å². The molecular formula is C13H17NO2. The van der Waals surface area contributed by atoms with Crippen LogP contribution in [0.2, 0.25) is 0 Å². The summed E-state index contributed by atoms with van der Waals surface area (Å²) >= 11 is 0. The van der Waals surface area contributed by atoms with Crippen molar-refractivity contribution in [3.8, 4) is 0 Å². The molecule has 1 rings (SSSR count). The van der Waals surface area contributed by atoms with Crippen molar-refractivity contribution in [2.45, 2.75) is 19.8 Å². The van der Waals surface area contributed by atoms with Gasteiger partial charge in [0.15, 0.2) is 0 Å². The van der Waals surface area contributed by atoms with Crippen LogP contribution in [0.3, 0.4) is 0 Å². The van der Waals surface area contributed by atoms with Crippen molar-refractivity contribution in [2.75, 3.05) is 12.4 Å². The van der Waals surface area contributed by atoms with Crippen LogP contribution < -0.4 is 5.32 Å². The highest BCUT2D eigenvalue weighted by atomic mass is 16.5. The van der Waals surface area contributed by atoms with E-state index in [1.165, 1.54) is 18.7 Å². The summed E-state index contributed by atoms with van der Waals surface area (Å²) in [5.41, 5.74) is 2.22. The van der Waals surface area contributed by atoms with E-state index < -0.39 is 0 Å². The maximum Gasteiger partial charge on any atom is 0.331 e. The van der Waals surface area contributed by atoms with E-state index in [9.17, 15) is 4.79 Å². The van der Waals surface area contributed by atoms with E-state index in [4.69, 9.17) is 0 Å². The van der Waals surface area contributed by atoms with Gasteiger partial charge in [0.05, 0.1) is 7.11 Å². The highest BCUT2D eigenvalue weighted by Gasteiger charge is 1.98. The quantitative estimate of drug-likeness (QED) is 0.625. The van der Waals surface area contributed by atoms with Gasteiger partial charge < -0.3 is 10.1 Å². The lowest BCUT2D eigenvalue weighted by Crippen LogP contribution is -1.97. The maximum atomic E-state index is 10.8. The van der Waals surface area contributed by atoms with E-state index in [1.807, 2.05) is 12.1 Å². The Morgan fingerprint density at radius 2 is 2.19 bits per heavy atom. The number of carbonyl (C=O) groups excluding carboxylic acids is 1. The highest BCUT2D eigenvalue weighted by molar-refractivity contribution is 5.82. The average Bonchev–Trinajstić information content (AvgIpc) is 2.29. The second kappa shape index (κ2) is 5.95. The van der Waals surface area contributed by atoms with Gasteiger partial charge in [-0.3, -0.25) is 0 Å². The summed E-state index contributed by atoms with van der Waals surface area (Å²) in [6.07, 6.45) is 2.92. The monoisotopic (exact) mass is 219 g/mol. The lowest BCUT2D eigenvalue weighted by molar-refractivity contribution is -0.134. The number of carbonyl (C=O) groups is 1. The van der Waals surface area contributed by atoms with E-state index in [0.29, 0.717) is 5.92 Å².